The second-order valence-electron chi connectivity index (χ2n) is 25.7. The number of fused-ring (bicyclic) bond motifs is 3. The molecule has 0 radical (unpaired) electrons. The molecule has 1 amide bonds. The zero-order chi connectivity index (χ0) is 58.6. The highest BCUT2D eigenvalue weighted by Gasteiger charge is 2.54. The lowest BCUT2D eigenvalue weighted by Gasteiger charge is -2.43. The summed E-state index contributed by atoms with van der Waals surface area (Å²) in [4.78, 5) is 59.0. The summed E-state index contributed by atoms with van der Waals surface area (Å²) in [5, 5.41) is 24.0. The van der Waals surface area contributed by atoms with E-state index in [1.807, 2.05) is 64.2 Å². The molecule has 4 aliphatic heterocycles. The van der Waals surface area contributed by atoms with E-state index < -0.39 is 90.1 Å². The van der Waals surface area contributed by atoms with Crippen molar-refractivity contribution in [3.63, 3.8) is 0 Å². The summed E-state index contributed by atoms with van der Waals surface area (Å²) < 4.78 is 65.8. The first kappa shape index (κ1) is 66.9. The van der Waals surface area contributed by atoms with Gasteiger partial charge in [0.25, 0.3) is 11.7 Å². The molecular weight excluding hydrogens is 1040 g/mol. The lowest BCUT2D eigenvalue weighted by Crippen LogP contribution is -2.61. The van der Waals surface area contributed by atoms with Crippen molar-refractivity contribution in [2.45, 2.75) is 232 Å². The number of aliphatic hydroxyl groups excluding tert-OH is 1. The van der Waals surface area contributed by atoms with Crippen LogP contribution in [0.5, 0.6) is 0 Å². The topological polar surface area (TPSA) is 205 Å². The van der Waals surface area contributed by atoms with E-state index in [0.29, 0.717) is 76.7 Å². The monoisotopic (exact) mass is 1150 g/mol. The van der Waals surface area contributed by atoms with Gasteiger partial charge in [-0.3, -0.25) is 14.4 Å². The van der Waals surface area contributed by atoms with Crippen molar-refractivity contribution in [2.75, 3.05) is 46.3 Å². The summed E-state index contributed by atoms with van der Waals surface area (Å²) in [6, 6.07) is -1.73. The van der Waals surface area contributed by atoms with Crippen LogP contribution < -0.4 is 0 Å². The van der Waals surface area contributed by atoms with E-state index in [0.717, 1.165) is 31.3 Å². The van der Waals surface area contributed by atoms with Crippen LogP contribution in [0, 0.1) is 35.5 Å². The van der Waals surface area contributed by atoms with E-state index in [2.05, 4.69) is 40.8 Å². The van der Waals surface area contributed by atoms with Crippen LogP contribution in [0.4, 0.5) is 0 Å². The first-order valence-electron chi connectivity index (χ1n) is 29.7. The van der Waals surface area contributed by atoms with E-state index in [1.165, 1.54) is 16.3 Å². The molecular formula is C61H102N2O14SSi. The Labute approximate surface area is 476 Å². The smallest absolute Gasteiger partial charge is 0.329 e. The van der Waals surface area contributed by atoms with Gasteiger partial charge in [0, 0.05) is 45.2 Å². The van der Waals surface area contributed by atoms with Crippen LogP contribution in [0.15, 0.2) is 47.6 Å². The maximum Gasteiger partial charge on any atom is 0.329 e. The van der Waals surface area contributed by atoms with Gasteiger partial charge < -0.3 is 43.2 Å². The van der Waals surface area contributed by atoms with Crippen LogP contribution in [0.1, 0.15) is 159 Å². The number of hydrogen-bond donors (Lipinski definition) is 2. The predicted octanol–water partition coefficient (Wildman–Crippen LogP) is 9.44. The zero-order valence-corrected chi connectivity index (χ0v) is 52.4. The number of rotatable bonds is 11. The highest BCUT2D eigenvalue weighted by atomic mass is 32.2. The Bertz CT molecular complexity index is 2280. The number of allylic oxidation sites excluding steroid dienone is 6. The molecule has 450 valence electrons. The zero-order valence-electron chi connectivity index (χ0n) is 50.6. The number of Topliss-reactive ketones (excluding diaryl/α,β-unsaturated/α-hetero) is 2. The molecule has 0 aromatic carbocycles. The summed E-state index contributed by atoms with van der Waals surface area (Å²) in [6.07, 6.45) is 15.1. The van der Waals surface area contributed by atoms with Crippen LogP contribution in [0.25, 0.3) is 0 Å². The molecule has 5 aliphatic rings. The van der Waals surface area contributed by atoms with Crippen LogP contribution in [-0.2, 0) is 57.3 Å². The molecule has 0 aromatic heterocycles. The lowest BCUT2D eigenvalue weighted by molar-refractivity contribution is -0.264. The molecule has 15 atom stereocenters. The first-order chi connectivity index (χ1) is 37.0. The summed E-state index contributed by atoms with van der Waals surface area (Å²) >= 11 is 0. The molecule has 0 spiro atoms. The summed E-state index contributed by atoms with van der Waals surface area (Å²) in [5.41, 5.74) is 1.33. The number of sulfonamides is 1. The molecule has 4 heterocycles. The van der Waals surface area contributed by atoms with Crippen LogP contribution in [0.2, 0.25) is 18.1 Å². The normalized spacial score (nSPS) is 37.7. The van der Waals surface area contributed by atoms with Gasteiger partial charge >= 0.3 is 5.97 Å². The van der Waals surface area contributed by atoms with Gasteiger partial charge in [0.2, 0.25) is 15.8 Å². The average Bonchev–Trinajstić information content (AvgIpc) is 3.75. The predicted molar refractivity (Wildman–Crippen MR) is 310 cm³/mol. The molecule has 3 saturated heterocycles. The highest BCUT2D eigenvalue weighted by molar-refractivity contribution is 7.89. The Morgan fingerprint density at radius 2 is 1.53 bits per heavy atom. The van der Waals surface area contributed by atoms with Gasteiger partial charge in [0.1, 0.15) is 24.4 Å². The molecule has 0 aromatic rings. The third-order valence-electron chi connectivity index (χ3n) is 18.4. The molecule has 18 heteroatoms. The van der Waals surface area contributed by atoms with Crippen molar-refractivity contribution in [3.05, 3.63) is 47.6 Å². The maximum absolute atomic E-state index is 14.7. The fraction of sp³-hybridized carbons (Fsp3) is 0.803. The fourth-order valence-corrected chi connectivity index (χ4v) is 15.1. The minimum absolute atomic E-state index is 0.00343. The third-order valence-corrected chi connectivity index (χ3v) is 24.9. The number of methoxy groups -OCH3 is 2. The van der Waals surface area contributed by atoms with E-state index in [9.17, 15) is 37.8 Å². The molecule has 1 saturated carbocycles. The van der Waals surface area contributed by atoms with Gasteiger partial charge in [-0.2, -0.15) is 4.31 Å². The number of aliphatic hydroxyl groups is 2. The minimum atomic E-state index is -3.61. The van der Waals surface area contributed by atoms with Crippen LogP contribution >= 0.6 is 0 Å². The number of cyclic esters (lactones) is 1. The van der Waals surface area contributed by atoms with Gasteiger partial charge in [-0.25, -0.2) is 13.2 Å². The molecule has 4 fully saturated rings. The third kappa shape index (κ3) is 17.8. The summed E-state index contributed by atoms with van der Waals surface area (Å²) in [6.45, 7) is 25.9. The molecule has 2 N–H and O–H groups in total. The number of piperidine rings is 1. The second-order valence-corrected chi connectivity index (χ2v) is 32.6. The van der Waals surface area contributed by atoms with Gasteiger partial charge in [-0.05, 0) is 151 Å². The fourth-order valence-electron chi connectivity index (χ4n) is 12.3. The Morgan fingerprint density at radius 1 is 0.810 bits per heavy atom. The molecule has 5 rings (SSSR count). The average molecular weight is 1150 g/mol. The molecule has 16 nitrogen and oxygen atoms in total. The lowest BCUT2D eigenvalue weighted by atomic mass is 9.78. The maximum atomic E-state index is 14.7. The van der Waals surface area contributed by atoms with Crippen molar-refractivity contribution in [3.8, 4) is 0 Å². The number of nitrogens with zero attached hydrogens (tertiary/aromatic N) is 2. The largest absolute Gasteiger partial charge is 0.461 e. The van der Waals surface area contributed by atoms with E-state index in [4.69, 9.17) is 28.1 Å². The number of ether oxygens (including phenoxy) is 5. The number of carbonyl (C=O) groups excluding carboxylic acids is 4. The van der Waals surface area contributed by atoms with E-state index >= 15 is 0 Å². The summed E-state index contributed by atoms with van der Waals surface area (Å²) in [5.74, 6) is -6.66. The Hall–Kier alpha value is -2.91. The quantitative estimate of drug-likeness (QED) is 0.0651. The van der Waals surface area contributed by atoms with Crippen molar-refractivity contribution in [1.29, 1.82) is 0 Å². The minimum Gasteiger partial charge on any atom is -0.461 e. The van der Waals surface area contributed by atoms with Crippen LogP contribution in [-0.4, -0.2) is 160 Å². The second kappa shape index (κ2) is 29.6. The highest BCUT2D eigenvalue weighted by Crippen LogP contribution is 2.40. The Morgan fingerprint density at radius 3 is 2.19 bits per heavy atom. The standard InChI is InChI=1S/C61H102N2O14SSi/c1-40-21-16-15-17-22-42(3)50(63-31-20-34-78(63,70)71)39-48-27-25-46(7)61(69,77-48)57(66)58(67)62-30-19-18-23-49(62)59(68)76-51(28-24-41(2)36-45(6)55(65)56(73-12)54(64)44(5)35-40)43(4)37-47-26-29-52(53(38-47)72-11)74-32-33-75-79(13,14)60(8,9)10/h15-17,21-22,36,40-41,43-44,46-53,55-56,65,69H,18-20,23-35,37-39H2,1-14H3/b17-15+,21-16+,42-22+,45-36+/t40-,41+,43-,44-,46-,47+,48+,49+,50-,51+,52-,53-,55-,56+,61-/m1/s1. The SMILES string of the molecule is CO[C@@H]1C[C@H](C[C@@H](C)[C@@H]2CC[C@H](C)/C=C(\C)[C@@H](O)[C@@H](OC)C(=O)[C@H](C)C[C@H](C)/C=C/C=C/C=C(\C)[C@H](N3CCCS3(=O)=O)C[C@@H]3CC[C@@H](C)[C@@](O)(O3)C(=O)C(=O)N3CCCC[C@H]3C(=O)O2)CC[C@H]1OCCO[Si](C)(C)C(C)(C)C. The van der Waals surface area contributed by atoms with Gasteiger partial charge in [-0.15, -0.1) is 0 Å². The van der Waals surface area contributed by atoms with Crippen LogP contribution in [0.3, 0.4) is 0 Å². The number of amides is 1. The summed E-state index contributed by atoms with van der Waals surface area (Å²) in [7, 11) is -2.37. The van der Waals surface area contributed by atoms with Gasteiger partial charge in [0.05, 0.1) is 37.3 Å². The van der Waals surface area contributed by atoms with Crippen molar-refractivity contribution >= 4 is 41.8 Å². The molecule has 2 bridgehead atoms. The molecule has 79 heavy (non-hydrogen) atoms. The first-order valence-corrected chi connectivity index (χ1v) is 34.2. The van der Waals surface area contributed by atoms with Crippen molar-refractivity contribution < 1.29 is 65.9 Å². The number of hydrogen-bond acceptors (Lipinski definition) is 14. The Kier molecular flexibility index (Phi) is 25.0. The number of ketones is 2. The van der Waals surface area contributed by atoms with Gasteiger partial charge in [0.15, 0.2) is 14.1 Å². The van der Waals surface area contributed by atoms with Gasteiger partial charge in [-0.1, -0.05) is 97.4 Å². The molecule has 0 unspecified atom stereocenters. The van der Waals surface area contributed by atoms with E-state index in [1.54, 1.807) is 21.0 Å². The number of carbonyl (C=O) groups is 4. The van der Waals surface area contributed by atoms with Crippen molar-refractivity contribution in [2.24, 2.45) is 35.5 Å². The molecule has 1 aliphatic carbocycles. The number of esters is 1. The van der Waals surface area contributed by atoms with E-state index in [-0.39, 0.29) is 71.8 Å². The Balaban J connectivity index is 1.43. The van der Waals surface area contributed by atoms with Crippen molar-refractivity contribution in [1.82, 2.24) is 9.21 Å².